The molecule has 0 aromatic heterocycles. The minimum absolute atomic E-state index is 0.361. The Morgan fingerprint density at radius 1 is 1.38 bits per heavy atom. The summed E-state index contributed by atoms with van der Waals surface area (Å²) in [5.74, 6) is 0. The lowest BCUT2D eigenvalue weighted by atomic mass is 10.3. The first-order valence-corrected chi connectivity index (χ1v) is 4.27. The van der Waals surface area contributed by atoms with Crippen molar-refractivity contribution in [3.8, 4) is 0 Å². The summed E-state index contributed by atoms with van der Waals surface area (Å²) < 4.78 is 0. The second-order valence-corrected chi connectivity index (χ2v) is 2.93. The molecule has 0 aromatic carbocycles. The van der Waals surface area contributed by atoms with Crippen molar-refractivity contribution in [2.75, 3.05) is 39.3 Å². The van der Waals surface area contributed by atoms with Gasteiger partial charge in [-0.25, -0.2) is 0 Å². The molecule has 7 heteroatoms. The fourth-order valence-electron chi connectivity index (χ4n) is 1.37. The molecule has 1 saturated heterocycles. The average Bonchev–Trinajstić information content (AvgIpc) is 2.18. The van der Waals surface area contributed by atoms with Crippen LogP contribution in [-0.2, 0) is 0 Å². The van der Waals surface area contributed by atoms with Gasteiger partial charge in [0.2, 0.25) is 0 Å². The number of nitrogens with zero attached hydrogens (tertiary/aromatic N) is 4. The quantitative estimate of drug-likeness (QED) is 0.429. The summed E-state index contributed by atoms with van der Waals surface area (Å²) in [4.78, 5) is 12.1. The van der Waals surface area contributed by atoms with Gasteiger partial charge in [0.05, 0.1) is 5.29 Å². The van der Waals surface area contributed by atoms with Crippen molar-refractivity contribution < 1.29 is 5.21 Å². The third-order valence-electron chi connectivity index (χ3n) is 2.12. The zero-order valence-corrected chi connectivity index (χ0v) is 7.46. The molecule has 0 unspecified atom stereocenters. The van der Waals surface area contributed by atoms with E-state index in [4.69, 9.17) is 10.9 Å². The Bertz CT molecular complexity index is 159. The Balaban J connectivity index is 2.26. The summed E-state index contributed by atoms with van der Waals surface area (Å²) in [6.45, 7) is 4.28. The van der Waals surface area contributed by atoms with Crippen LogP contribution < -0.4 is 5.73 Å². The van der Waals surface area contributed by atoms with Gasteiger partial charge in [0.1, 0.15) is 0 Å². The summed E-state index contributed by atoms with van der Waals surface area (Å²) >= 11 is 0. The van der Waals surface area contributed by atoms with Gasteiger partial charge in [0, 0.05) is 39.3 Å². The van der Waals surface area contributed by atoms with Crippen LogP contribution in [0.4, 0.5) is 0 Å². The average molecular weight is 189 g/mol. The van der Waals surface area contributed by atoms with Crippen LogP contribution in [0, 0.1) is 4.91 Å². The van der Waals surface area contributed by atoms with E-state index < -0.39 is 0 Å². The maximum atomic E-state index is 9.96. The molecule has 13 heavy (non-hydrogen) atoms. The zero-order valence-electron chi connectivity index (χ0n) is 7.46. The molecule has 7 nitrogen and oxygen atoms in total. The van der Waals surface area contributed by atoms with Gasteiger partial charge in [-0.15, -0.1) is 4.91 Å². The van der Waals surface area contributed by atoms with E-state index in [1.165, 1.54) is 5.01 Å². The maximum Gasteiger partial charge on any atom is 0.0962 e. The van der Waals surface area contributed by atoms with Crippen LogP contribution in [0.5, 0.6) is 0 Å². The van der Waals surface area contributed by atoms with E-state index in [2.05, 4.69) is 10.2 Å². The lowest BCUT2D eigenvalue weighted by Crippen LogP contribution is -2.51. The Morgan fingerprint density at radius 3 is 2.46 bits per heavy atom. The predicted molar refractivity (Wildman–Crippen MR) is 46.5 cm³/mol. The minimum atomic E-state index is 0.361. The van der Waals surface area contributed by atoms with Crippen LogP contribution in [0.15, 0.2) is 5.29 Å². The van der Waals surface area contributed by atoms with Gasteiger partial charge in [-0.2, -0.15) is 5.01 Å². The predicted octanol–water partition coefficient (Wildman–Crippen LogP) is -1.15. The summed E-state index contributed by atoms with van der Waals surface area (Å²) in [5.41, 5.74) is 5.40. The van der Waals surface area contributed by atoms with Crippen molar-refractivity contribution in [2.45, 2.75) is 0 Å². The van der Waals surface area contributed by atoms with Crippen LogP contribution in [0.1, 0.15) is 0 Å². The van der Waals surface area contributed by atoms with Crippen LogP contribution in [0.25, 0.3) is 0 Å². The van der Waals surface area contributed by atoms with Crippen LogP contribution in [0.3, 0.4) is 0 Å². The van der Waals surface area contributed by atoms with E-state index >= 15 is 0 Å². The summed E-state index contributed by atoms with van der Waals surface area (Å²) in [6, 6.07) is 0. The third-order valence-corrected chi connectivity index (χ3v) is 2.12. The molecule has 1 fully saturated rings. The molecular formula is C6H15N5O2. The smallest absolute Gasteiger partial charge is 0.0962 e. The van der Waals surface area contributed by atoms with Crippen molar-refractivity contribution in [3.63, 3.8) is 0 Å². The molecule has 0 saturated carbocycles. The van der Waals surface area contributed by atoms with Crippen molar-refractivity contribution in [1.82, 2.24) is 15.2 Å². The number of rotatable bonds is 4. The molecule has 3 N–H and O–H groups in total. The molecule has 0 spiro atoms. The first kappa shape index (κ1) is 10.3. The molecule has 1 aliphatic rings. The van der Waals surface area contributed by atoms with E-state index in [1.807, 2.05) is 0 Å². The Labute approximate surface area is 76.6 Å². The molecule has 0 atom stereocenters. The zero-order chi connectivity index (χ0) is 9.68. The second-order valence-electron chi connectivity index (χ2n) is 2.93. The highest BCUT2D eigenvalue weighted by atomic mass is 16.6. The number of nitroso groups, excluding NO2 is 1. The van der Waals surface area contributed by atoms with Crippen LogP contribution in [-0.4, -0.2) is 59.7 Å². The normalized spacial score (nSPS) is 20.2. The molecule has 0 bridgehead atoms. The van der Waals surface area contributed by atoms with Gasteiger partial charge in [0.25, 0.3) is 0 Å². The number of hydrogen-bond acceptors (Lipinski definition) is 6. The van der Waals surface area contributed by atoms with E-state index in [-0.39, 0.29) is 0 Å². The lowest BCUT2D eigenvalue weighted by molar-refractivity contribution is -0.256. The molecule has 1 aliphatic heterocycles. The Morgan fingerprint density at radius 2 is 2.00 bits per heavy atom. The SMILES string of the molecule is NCCN1CCN(N(O)N=O)CC1. The maximum absolute atomic E-state index is 9.96. The minimum Gasteiger partial charge on any atom is -0.329 e. The van der Waals surface area contributed by atoms with Gasteiger partial charge in [-0.05, 0) is 0 Å². The number of hydrogen-bond donors (Lipinski definition) is 2. The summed E-state index contributed by atoms with van der Waals surface area (Å²) in [6.07, 6.45) is 0. The van der Waals surface area contributed by atoms with Gasteiger partial charge in [-0.1, -0.05) is 5.28 Å². The summed E-state index contributed by atoms with van der Waals surface area (Å²) in [7, 11) is 0. The fourth-order valence-corrected chi connectivity index (χ4v) is 1.37. The second kappa shape index (κ2) is 5.07. The van der Waals surface area contributed by atoms with Crippen molar-refractivity contribution in [2.24, 2.45) is 11.0 Å². The van der Waals surface area contributed by atoms with E-state index in [1.54, 1.807) is 0 Å². The molecule has 0 amide bonds. The van der Waals surface area contributed by atoms with Gasteiger partial charge >= 0.3 is 0 Å². The standard InChI is InChI=1S/C6H15N5O2/c7-1-2-9-3-5-10(6-4-9)11(13)8-12/h13H,1-7H2. The topological polar surface area (TPSA) is 85.4 Å². The van der Waals surface area contributed by atoms with E-state index in [0.717, 1.165) is 19.6 Å². The molecule has 0 aromatic rings. The van der Waals surface area contributed by atoms with Crippen LogP contribution in [0.2, 0.25) is 0 Å². The largest absolute Gasteiger partial charge is 0.329 e. The van der Waals surface area contributed by atoms with Gasteiger partial charge < -0.3 is 5.73 Å². The first-order valence-electron chi connectivity index (χ1n) is 4.27. The molecule has 1 rings (SSSR count). The Kier molecular flexibility index (Phi) is 4.03. The number of nitrogens with two attached hydrogens (primary N) is 1. The molecular weight excluding hydrogens is 174 g/mol. The Hall–Kier alpha value is -0.760. The number of hydrazine groups is 1. The molecule has 0 radical (unpaired) electrons. The highest BCUT2D eigenvalue weighted by molar-refractivity contribution is 4.68. The van der Waals surface area contributed by atoms with Gasteiger partial charge in [0.15, 0.2) is 0 Å². The van der Waals surface area contributed by atoms with Gasteiger partial charge in [-0.3, -0.25) is 10.1 Å². The molecule has 1 heterocycles. The van der Waals surface area contributed by atoms with E-state index in [9.17, 15) is 4.91 Å². The summed E-state index contributed by atoms with van der Waals surface area (Å²) in [5, 5.41) is 13.2. The van der Waals surface area contributed by atoms with E-state index in [0.29, 0.717) is 24.9 Å². The highest BCUT2D eigenvalue weighted by Crippen LogP contribution is 2.02. The van der Waals surface area contributed by atoms with Crippen molar-refractivity contribution >= 4 is 0 Å². The van der Waals surface area contributed by atoms with Crippen molar-refractivity contribution in [1.29, 1.82) is 0 Å². The van der Waals surface area contributed by atoms with Crippen LogP contribution >= 0.6 is 0 Å². The molecule has 76 valence electrons. The fraction of sp³-hybridized carbons (Fsp3) is 1.00. The number of piperazine rings is 1. The monoisotopic (exact) mass is 189 g/mol. The first-order chi connectivity index (χ1) is 6.27. The third kappa shape index (κ3) is 2.88. The lowest BCUT2D eigenvalue weighted by Gasteiger charge is -2.34. The highest BCUT2D eigenvalue weighted by Gasteiger charge is 2.20. The molecule has 0 aliphatic carbocycles. The van der Waals surface area contributed by atoms with Crippen molar-refractivity contribution in [3.05, 3.63) is 4.91 Å².